The van der Waals surface area contributed by atoms with E-state index in [1.54, 1.807) is 18.7 Å². The molecule has 1 saturated heterocycles. The molecule has 0 aliphatic carbocycles. The molecule has 0 atom stereocenters. The SMILES string of the molecule is CC(=O)N1CCC(C(=O)Nc2cccc(-c3nnc(C)o3)c2)CC1. The minimum Gasteiger partial charge on any atom is -0.421 e. The average molecular weight is 328 g/mol. The number of benzene rings is 1. The second kappa shape index (κ2) is 6.82. The van der Waals surface area contributed by atoms with E-state index in [9.17, 15) is 9.59 Å². The summed E-state index contributed by atoms with van der Waals surface area (Å²) < 4.78 is 5.41. The van der Waals surface area contributed by atoms with Gasteiger partial charge in [-0.2, -0.15) is 0 Å². The molecule has 1 aliphatic heterocycles. The fraction of sp³-hybridized carbons (Fsp3) is 0.412. The number of rotatable bonds is 3. The minimum atomic E-state index is -0.0742. The fourth-order valence-corrected chi connectivity index (χ4v) is 2.84. The van der Waals surface area contributed by atoms with E-state index < -0.39 is 0 Å². The minimum absolute atomic E-state index is 0.0166. The molecule has 2 heterocycles. The number of nitrogens with zero attached hydrogens (tertiary/aromatic N) is 3. The van der Waals surface area contributed by atoms with Crippen molar-refractivity contribution in [1.82, 2.24) is 15.1 Å². The van der Waals surface area contributed by atoms with Crippen molar-refractivity contribution >= 4 is 17.5 Å². The first-order chi connectivity index (χ1) is 11.5. The van der Waals surface area contributed by atoms with Gasteiger partial charge in [0.25, 0.3) is 0 Å². The van der Waals surface area contributed by atoms with Crippen LogP contribution in [0.15, 0.2) is 28.7 Å². The average Bonchev–Trinajstić information content (AvgIpc) is 3.02. The number of aromatic nitrogens is 2. The van der Waals surface area contributed by atoms with E-state index in [4.69, 9.17) is 4.42 Å². The zero-order valence-electron chi connectivity index (χ0n) is 13.8. The maximum absolute atomic E-state index is 12.4. The first kappa shape index (κ1) is 16.2. The molecule has 2 amide bonds. The van der Waals surface area contributed by atoms with Crippen LogP contribution in [0.3, 0.4) is 0 Å². The van der Waals surface area contributed by atoms with Crippen molar-refractivity contribution in [3.8, 4) is 11.5 Å². The Hall–Kier alpha value is -2.70. The molecule has 1 N–H and O–H groups in total. The molecule has 0 spiro atoms. The summed E-state index contributed by atoms with van der Waals surface area (Å²) in [6, 6.07) is 7.33. The first-order valence-electron chi connectivity index (χ1n) is 8.00. The van der Waals surface area contributed by atoms with Gasteiger partial charge in [-0.05, 0) is 31.0 Å². The standard InChI is InChI=1S/C17H20N4O3/c1-11-19-20-17(24-11)14-4-3-5-15(10-14)18-16(23)13-6-8-21(9-7-13)12(2)22/h3-5,10,13H,6-9H2,1-2H3,(H,18,23). The van der Waals surface area contributed by atoms with Crippen LogP contribution in [0.4, 0.5) is 5.69 Å². The largest absolute Gasteiger partial charge is 0.421 e. The summed E-state index contributed by atoms with van der Waals surface area (Å²) >= 11 is 0. The summed E-state index contributed by atoms with van der Waals surface area (Å²) in [6.45, 7) is 4.56. The Morgan fingerprint density at radius 2 is 2.00 bits per heavy atom. The lowest BCUT2D eigenvalue weighted by Gasteiger charge is -2.30. The summed E-state index contributed by atoms with van der Waals surface area (Å²) in [5, 5.41) is 10.7. The number of anilines is 1. The molecule has 0 unspecified atom stereocenters. The van der Waals surface area contributed by atoms with Crippen LogP contribution in [0.25, 0.3) is 11.5 Å². The molecular formula is C17H20N4O3. The highest BCUT2D eigenvalue weighted by molar-refractivity contribution is 5.93. The van der Waals surface area contributed by atoms with Crippen LogP contribution in [0, 0.1) is 12.8 Å². The summed E-state index contributed by atoms with van der Waals surface area (Å²) in [7, 11) is 0. The lowest BCUT2D eigenvalue weighted by Crippen LogP contribution is -2.40. The molecule has 0 radical (unpaired) electrons. The van der Waals surface area contributed by atoms with Gasteiger partial charge >= 0.3 is 0 Å². The van der Waals surface area contributed by atoms with E-state index >= 15 is 0 Å². The molecule has 126 valence electrons. The topological polar surface area (TPSA) is 88.3 Å². The highest BCUT2D eigenvalue weighted by atomic mass is 16.4. The van der Waals surface area contributed by atoms with Gasteiger partial charge in [0.15, 0.2) is 0 Å². The van der Waals surface area contributed by atoms with Gasteiger partial charge in [-0.25, -0.2) is 0 Å². The van der Waals surface area contributed by atoms with Crippen molar-refractivity contribution in [3.05, 3.63) is 30.2 Å². The third-order valence-electron chi connectivity index (χ3n) is 4.21. The Morgan fingerprint density at radius 1 is 1.25 bits per heavy atom. The predicted octanol–water partition coefficient (Wildman–Crippen LogP) is 2.24. The third kappa shape index (κ3) is 3.61. The maximum atomic E-state index is 12.4. The van der Waals surface area contributed by atoms with Crippen molar-refractivity contribution < 1.29 is 14.0 Å². The second-order valence-corrected chi connectivity index (χ2v) is 5.98. The summed E-state index contributed by atoms with van der Waals surface area (Å²) in [4.78, 5) is 25.6. The van der Waals surface area contributed by atoms with Gasteiger partial charge in [0.2, 0.25) is 23.6 Å². The maximum Gasteiger partial charge on any atom is 0.247 e. The summed E-state index contributed by atoms with van der Waals surface area (Å²) in [6.07, 6.45) is 1.38. The number of amides is 2. The quantitative estimate of drug-likeness (QED) is 0.933. The van der Waals surface area contributed by atoms with E-state index in [1.807, 2.05) is 24.3 Å². The Balaban J connectivity index is 1.64. The molecule has 0 bridgehead atoms. The molecule has 1 fully saturated rings. The molecule has 1 aromatic carbocycles. The van der Waals surface area contributed by atoms with Crippen LogP contribution in [0.5, 0.6) is 0 Å². The molecule has 24 heavy (non-hydrogen) atoms. The van der Waals surface area contributed by atoms with Gasteiger partial charge < -0.3 is 14.6 Å². The van der Waals surface area contributed by atoms with E-state index in [-0.39, 0.29) is 17.7 Å². The van der Waals surface area contributed by atoms with Crippen LogP contribution < -0.4 is 5.32 Å². The number of nitrogens with one attached hydrogen (secondary N) is 1. The number of piperidine rings is 1. The Kier molecular flexibility index (Phi) is 4.59. The van der Waals surface area contributed by atoms with Crippen LogP contribution in [0.1, 0.15) is 25.7 Å². The predicted molar refractivity (Wildman–Crippen MR) is 88.1 cm³/mol. The molecule has 2 aromatic rings. The molecule has 0 saturated carbocycles. The Labute approximate surface area is 140 Å². The molecular weight excluding hydrogens is 308 g/mol. The van der Waals surface area contributed by atoms with Crippen molar-refractivity contribution in [2.24, 2.45) is 5.92 Å². The van der Waals surface area contributed by atoms with Crippen molar-refractivity contribution in [2.45, 2.75) is 26.7 Å². The van der Waals surface area contributed by atoms with Gasteiger partial charge in [0.1, 0.15) is 0 Å². The van der Waals surface area contributed by atoms with Gasteiger partial charge in [-0.15, -0.1) is 10.2 Å². The van der Waals surface area contributed by atoms with Crippen molar-refractivity contribution in [2.75, 3.05) is 18.4 Å². The van der Waals surface area contributed by atoms with Crippen LogP contribution in [-0.2, 0) is 9.59 Å². The molecule has 7 nitrogen and oxygen atoms in total. The summed E-state index contributed by atoms with van der Waals surface area (Å²) in [5.41, 5.74) is 1.46. The zero-order chi connectivity index (χ0) is 17.1. The first-order valence-corrected chi connectivity index (χ1v) is 8.00. The smallest absolute Gasteiger partial charge is 0.247 e. The molecule has 1 aromatic heterocycles. The normalized spacial score (nSPS) is 15.3. The Morgan fingerprint density at radius 3 is 2.62 bits per heavy atom. The van der Waals surface area contributed by atoms with Crippen LogP contribution in [0.2, 0.25) is 0 Å². The lowest BCUT2D eigenvalue weighted by molar-refractivity contribution is -0.132. The van der Waals surface area contributed by atoms with Crippen LogP contribution >= 0.6 is 0 Å². The van der Waals surface area contributed by atoms with E-state index in [0.29, 0.717) is 43.4 Å². The molecule has 1 aliphatic rings. The fourth-order valence-electron chi connectivity index (χ4n) is 2.84. The van der Waals surface area contributed by atoms with Gasteiger partial charge in [0.05, 0.1) is 0 Å². The number of hydrogen-bond donors (Lipinski definition) is 1. The number of hydrogen-bond acceptors (Lipinski definition) is 5. The number of aryl methyl sites for hydroxylation is 1. The highest BCUT2D eigenvalue weighted by Crippen LogP contribution is 2.23. The van der Waals surface area contributed by atoms with E-state index in [0.717, 1.165) is 5.56 Å². The van der Waals surface area contributed by atoms with Gasteiger partial charge in [-0.1, -0.05) is 6.07 Å². The Bertz CT molecular complexity index is 748. The lowest BCUT2D eigenvalue weighted by atomic mass is 9.95. The van der Waals surface area contributed by atoms with Crippen molar-refractivity contribution in [3.63, 3.8) is 0 Å². The second-order valence-electron chi connectivity index (χ2n) is 5.98. The molecule has 3 rings (SSSR count). The highest BCUT2D eigenvalue weighted by Gasteiger charge is 2.26. The number of likely N-dealkylation sites (tertiary alicyclic amines) is 1. The third-order valence-corrected chi connectivity index (χ3v) is 4.21. The van der Waals surface area contributed by atoms with Crippen LogP contribution in [-0.4, -0.2) is 40.0 Å². The summed E-state index contributed by atoms with van der Waals surface area (Å²) in [5.74, 6) is 0.901. The zero-order valence-corrected chi connectivity index (χ0v) is 13.8. The van der Waals surface area contributed by atoms with E-state index in [1.165, 1.54) is 0 Å². The molecule has 7 heteroatoms. The van der Waals surface area contributed by atoms with Crippen molar-refractivity contribution in [1.29, 1.82) is 0 Å². The number of carbonyl (C=O) groups is 2. The monoisotopic (exact) mass is 328 g/mol. The number of carbonyl (C=O) groups excluding carboxylic acids is 2. The van der Waals surface area contributed by atoms with Gasteiger partial charge in [0, 0.05) is 44.1 Å². The van der Waals surface area contributed by atoms with Gasteiger partial charge in [-0.3, -0.25) is 9.59 Å². The van der Waals surface area contributed by atoms with E-state index in [2.05, 4.69) is 15.5 Å².